The van der Waals surface area contributed by atoms with E-state index >= 15 is 0 Å². The first-order valence-corrected chi connectivity index (χ1v) is 9.45. The van der Waals surface area contributed by atoms with E-state index in [1.54, 1.807) is 0 Å². The smallest absolute Gasteiger partial charge is 0.150 e. The van der Waals surface area contributed by atoms with Gasteiger partial charge in [-0.05, 0) is 43.7 Å². The molecule has 0 amide bonds. The lowest BCUT2D eigenvalue weighted by molar-refractivity contribution is 1.04. The normalized spacial score (nSPS) is 11.9. The van der Waals surface area contributed by atoms with Crippen molar-refractivity contribution in [3.8, 4) is 5.82 Å². The van der Waals surface area contributed by atoms with E-state index in [9.17, 15) is 0 Å². The minimum absolute atomic E-state index is 0.916. The van der Waals surface area contributed by atoms with E-state index in [1.807, 2.05) is 6.20 Å². The molecule has 0 saturated carbocycles. The van der Waals surface area contributed by atoms with Gasteiger partial charge < -0.3 is 4.57 Å². The van der Waals surface area contributed by atoms with E-state index in [2.05, 4.69) is 89.7 Å². The van der Waals surface area contributed by atoms with Gasteiger partial charge in [0.25, 0.3) is 0 Å². The molecule has 6 aromatic rings. The standard InChI is InChI=1S/C24H18N4/c1-15-14-27(20-9-5-3-7-18(15)20)22-12-11-17-13-25-23-16(2)19-8-4-6-10-21(19)28(23)24(17)26-22/h3-14H,1-2H3. The molecule has 2 aromatic carbocycles. The van der Waals surface area contributed by atoms with Gasteiger partial charge in [0.1, 0.15) is 17.1 Å². The SMILES string of the molecule is Cc1cn(-c2ccc3cnc4c(C)c5ccccc5n4c3n2)c2ccccc12. The maximum atomic E-state index is 5.09. The summed E-state index contributed by atoms with van der Waals surface area (Å²) < 4.78 is 4.36. The molecule has 0 saturated heterocycles. The predicted molar refractivity (Wildman–Crippen MR) is 114 cm³/mol. The van der Waals surface area contributed by atoms with Crippen molar-refractivity contribution in [1.82, 2.24) is 18.9 Å². The highest BCUT2D eigenvalue weighted by molar-refractivity contribution is 5.95. The zero-order valence-corrected chi connectivity index (χ0v) is 15.7. The van der Waals surface area contributed by atoms with E-state index in [4.69, 9.17) is 9.97 Å². The molecule has 4 aromatic heterocycles. The molecule has 0 atom stereocenters. The Morgan fingerprint density at radius 3 is 2.36 bits per heavy atom. The molecule has 6 rings (SSSR count). The molecule has 4 heterocycles. The molecule has 0 radical (unpaired) electrons. The Morgan fingerprint density at radius 1 is 0.750 bits per heavy atom. The number of aryl methyl sites for hydroxylation is 2. The maximum Gasteiger partial charge on any atom is 0.150 e. The van der Waals surface area contributed by atoms with Crippen LogP contribution < -0.4 is 0 Å². The summed E-state index contributed by atoms with van der Waals surface area (Å²) in [5.74, 6) is 0.916. The molecular weight excluding hydrogens is 344 g/mol. The summed E-state index contributed by atoms with van der Waals surface area (Å²) in [5, 5.41) is 3.51. The Labute approximate surface area is 161 Å². The molecule has 134 valence electrons. The summed E-state index contributed by atoms with van der Waals surface area (Å²) in [6.07, 6.45) is 4.09. The third-order valence-electron chi connectivity index (χ3n) is 5.68. The molecule has 4 heteroatoms. The van der Waals surface area contributed by atoms with Gasteiger partial charge in [-0.25, -0.2) is 9.97 Å². The van der Waals surface area contributed by atoms with Gasteiger partial charge in [-0.2, -0.15) is 0 Å². The van der Waals surface area contributed by atoms with Gasteiger partial charge in [0, 0.05) is 34.1 Å². The predicted octanol–water partition coefficient (Wildman–Crippen LogP) is 5.60. The molecule has 0 unspecified atom stereocenters. The van der Waals surface area contributed by atoms with Gasteiger partial charge >= 0.3 is 0 Å². The molecule has 0 bridgehead atoms. The summed E-state index contributed by atoms with van der Waals surface area (Å²) in [6.45, 7) is 4.27. The number of benzene rings is 2. The fourth-order valence-electron chi connectivity index (χ4n) is 4.29. The van der Waals surface area contributed by atoms with Crippen LogP contribution in [0.1, 0.15) is 11.1 Å². The number of hydrogen-bond donors (Lipinski definition) is 0. The summed E-state index contributed by atoms with van der Waals surface area (Å²) in [7, 11) is 0. The molecule has 0 aliphatic heterocycles. The van der Waals surface area contributed by atoms with Crippen LogP contribution in [0.4, 0.5) is 0 Å². The van der Waals surface area contributed by atoms with Gasteiger partial charge in [-0.3, -0.25) is 4.40 Å². The number of pyridine rings is 1. The van der Waals surface area contributed by atoms with Crippen molar-refractivity contribution < 1.29 is 0 Å². The summed E-state index contributed by atoms with van der Waals surface area (Å²) >= 11 is 0. The Bertz CT molecular complexity index is 1540. The fraction of sp³-hybridized carbons (Fsp3) is 0.0833. The third kappa shape index (κ3) is 1.94. The lowest BCUT2D eigenvalue weighted by atomic mass is 10.2. The highest BCUT2D eigenvalue weighted by Crippen LogP contribution is 2.29. The van der Waals surface area contributed by atoms with E-state index in [1.165, 1.54) is 27.4 Å². The van der Waals surface area contributed by atoms with Crippen molar-refractivity contribution in [3.63, 3.8) is 0 Å². The average molecular weight is 362 g/mol. The van der Waals surface area contributed by atoms with E-state index in [0.29, 0.717) is 0 Å². The Morgan fingerprint density at radius 2 is 1.50 bits per heavy atom. The third-order valence-corrected chi connectivity index (χ3v) is 5.68. The Kier molecular flexibility index (Phi) is 2.98. The van der Waals surface area contributed by atoms with E-state index in [-0.39, 0.29) is 0 Å². The molecule has 0 N–H and O–H groups in total. The monoisotopic (exact) mass is 362 g/mol. The van der Waals surface area contributed by atoms with Crippen molar-refractivity contribution in [2.24, 2.45) is 0 Å². The summed E-state index contributed by atoms with van der Waals surface area (Å²) in [5.41, 5.74) is 6.65. The molecule has 0 fully saturated rings. The first-order chi connectivity index (χ1) is 13.7. The zero-order valence-electron chi connectivity index (χ0n) is 15.7. The van der Waals surface area contributed by atoms with Crippen molar-refractivity contribution in [3.05, 3.63) is 84.2 Å². The topological polar surface area (TPSA) is 35.1 Å². The number of rotatable bonds is 1. The lowest BCUT2D eigenvalue weighted by Gasteiger charge is -2.08. The van der Waals surface area contributed by atoms with Crippen LogP contribution in [0.15, 0.2) is 73.1 Å². The van der Waals surface area contributed by atoms with Crippen LogP contribution in [-0.2, 0) is 0 Å². The van der Waals surface area contributed by atoms with Crippen molar-refractivity contribution in [2.75, 3.05) is 0 Å². The second-order valence-electron chi connectivity index (χ2n) is 7.34. The minimum atomic E-state index is 0.916. The van der Waals surface area contributed by atoms with Crippen LogP contribution in [0.3, 0.4) is 0 Å². The summed E-state index contributed by atoms with van der Waals surface area (Å²) in [6, 6.07) is 21.1. The quantitative estimate of drug-likeness (QED) is 0.382. The fourth-order valence-corrected chi connectivity index (χ4v) is 4.29. The van der Waals surface area contributed by atoms with Crippen LogP contribution in [0.5, 0.6) is 0 Å². The molecular formula is C24H18N4. The largest absolute Gasteiger partial charge is 0.301 e. The number of hydrogen-bond acceptors (Lipinski definition) is 2. The van der Waals surface area contributed by atoms with Gasteiger partial charge in [-0.15, -0.1) is 0 Å². The first-order valence-electron chi connectivity index (χ1n) is 9.45. The van der Waals surface area contributed by atoms with E-state index < -0.39 is 0 Å². The van der Waals surface area contributed by atoms with Gasteiger partial charge in [0.05, 0.1) is 11.0 Å². The molecule has 0 aliphatic rings. The number of para-hydroxylation sites is 2. The lowest BCUT2D eigenvalue weighted by Crippen LogP contribution is -2.00. The number of aromatic nitrogens is 4. The molecule has 4 nitrogen and oxygen atoms in total. The van der Waals surface area contributed by atoms with Crippen LogP contribution in [0.25, 0.3) is 44.3 Å². The Balaban J connectivity index is 1.74. The van der Waals surface area contributed by atoms with Crippen molar-refractivity contribution in [1.29, 1.82) is 0 Å². The second kappa shape index (κ2) is 5.42. The average Bonchev–Trinajstić information content (AvgIpc) is 3.23. The van der Waals surface area contributed by atoms with Gasteiger partial charge in [-0.1, -0.05) is 36.4 Å². The molecule has 28 heavy (non-hydrogen) atoms. The number of fused-ring (bicyclic) bond motifs is 6. The summed E-state index contributed by atoms with van der Waals surface area (Å²) in [4.78, 5) is 9.81. The maximum absolute atomic E-state index is 5.09. The minimum Gasteiger partial charge on any atom is -0.301 e. The molecule has 0 aliphatic carbocycles. The highest BCUT2D eigenvalue weighted by Gasteiger charge is 2.14. The van der Waals surface area contributed by atoms with Gasteiger partial charge in [0.2, 0.25) is 0 Å². The van der Waals surface area contributed by atoms with Crippen LogP contribution in [0, 0.1) is 13.8 Å². The van der Waals surface area contributed by atoms with E-state index in [0.717, 1.165) is 28.0 Å². The van der Waals surface area contributed by atoms with Crippen molar-refractivity contribution in [2.45, 2.75) is 13.8 Å². The van der Waals surface area contributed by atoms with Crippen LogP contribution in [0.2, 0.25) is 0 Å². The highest BCUT2D eigenvalue weighted by atomic mass is 15.1. The first kappa shape index (κ1) is 15.4. The van der Waals surface area contributed by atoms with Gasteiger partial charge in [0.15, 0.2) is 0 Å². The second-order valence-corrected chi connectivity index (χ2v) is 7.34. The van der Waals surface area contributed by atoms with Crippen LogP contribution >= 0.6 is 0 Å². The van der Waals surface area contributed by atoms with Crippen molar-refractivity contribution >= 4 is 38.5 Å². The number of nitrogens with zero attached hydrogens (tertiary/aromatic N) is 4. The molecule has 0 spiro atoms. The van der Waals surface area contributed by atoms with Crippen LogP contribution in [-0.4, -0.2) is 18.9 Å². The Hall–Kier alpha value is -3.66. The zero-order chi connectivity index (χ0) is 18.8.